The Kier molecular flexibility index (Phi) is 5.62. The number of ether oxygens (including phenoxy) is 1. The summed E-state index contributed by atoms with van der Waals surface area (Å²) in [5.74, 6) is 0.159. The van der Waals surface area contributed by atoms with Crippen molar-refractivity contribution in [2.24, 2.45) is 5.92 Å². The highest BCUT2D eigenvalue weighted by Gasteiger charge is 2.35. The lowest BCUT2D eigenvalue weighted by Gasteiger charge is -2.18. The topological polar surface area (TPSA) is 76.5 Å². The van der Waals surface area contributed by atoms with Gasteiger partial charge >= 0.3 is 0 Å². The summed E-state index contributed by atoms with van der Waals surface area (Å²) in [5.41, 5.74) is 4.27. The summed E-state index contributed by atoms with van der Waals surface area (Å²) < 4.78 is 7.58. The van der Waals surface area contributed by atoms with E-state index in [-0.39, 0.29) is 24.2 Å². The number of hydrogen-bond donors (Lipinski definition) is 1. The number of carbonyl (C=O) groups is 2. The van der Waals surface area contributed by atoms with Crippen LogP contribution >= 0.6 is 0 Å². The van der Waals surface area contributed by atoms with Gasteiger partial charge in [-0.25, -0.2) is 0 Å². The molecule has 5 rings (SSSR count). The van der Waals surface area contributed by atoms with E-state index in [4.69, 9.17) is 4.74 Å². The third-order valence-corrected chi connectivity index (χ3v) is 6.14. The first-order valence-corrected chi connectivity index (χ1v) is 11.1. The van der Waals surface area contributed by atoms with Crippen LogP contribution in [0.25, 0.3) is 0 Å². The standard InChI is InChI=1S/C25H26N4O3/c30-24-15-20(17-29(24)22-9-8-18-4-1-5-19(18)14-22)25(31)27-21-6-2-7-23(16-21)32-13-12-28-11-3-10-26-28/h2-3,6-11,14,16,20H,1,4-5,12-13,15,17H2,(H,27,31). The van der Waals surface area contributed by atoms with Gasteiger partial charge in [0.1, 0.15) is 12.4 Å². The molecule has 164 valence electrons. The van der Waals surface area contributed by atoms with E-state index in [2.05, 4.69) is 22.5 Å². The lowest BCUT2D eigenvalue weighted by molar-refractivity contribution is -0.122. The molecule has 1 aliphatic carbocycles. The van der Waals surface area contributed by atoms with Crippen LogP contribution in [0.5, 0.6) is 5.75 Å². The van der Waals surface area contributed by atoms with E-state index in [0.29, 0.717) is 31.1 Å². The van der Waals surface area contributed by atoms with Gasteiger partial charge in [0.2, 0.25) is 11.8 Å². The van der Waals surface area contributed by atoms with Crippen molar-refractivity contribution in [2.45, 2.75) is 32.2 Å². The Morgan fingerprint density at radius 2 is 2.03 bits per heavy atom. The van der Waals surface area contributed by atoms with Crippen LogP contribution in [0.2, 0.25) is 0 Å². The number of anilines is 2. The summed E-state index contributed by atoms with van der Waals surface area (Å²) in [6.45, 7) is 1.53. The van der Waals surface area contributed by atoms with Gasteiger partial charge in [-0.2, -0.15) is 5.10 Å². The maximum absolute atomic E-state index is 12.9. The second-order valence-electron chi connectivity index (χ2n) is 8.35. The number of nitrogens with zero attached hydrogens (tertiary/aromatic N) is 3. The third kappa shape index (κ3) is 4.37. The average molecular weight is 431 g/mol. The molecular formula is C25H26N4O3. The lowest BCUT2D eigenvalue weighted by Crippen LogP contribution is -2.28. The number of aryl methyl sites for hydroxylation is 2. The molecule has 1 atom stereocenters. The van der Waals surface area contributed by atoms with Crippen LogP contribution < -0.4 is 15.0 Å². The van der Waals surface area contributed by atoms with Gasteiger partial charge in [-0.3, -0.25) is 14.3 Å². The first-order chi connectivity index (χ1) is 15.7. The zero-order valence-corrected chi connectivity index (χ0v) is 17.9. The van der Waals surface area contributed by atoms with E-state index in [0.717, 1.165) is 18.5 Å². The van der Waals surface area contributed by atoms with Gasteiger partial charge in [-0.05, 0) is 60.7 Å². The molecule has 0 saturated carbocycles. The molecule has 0 spiro atoms. The quantitative estimate of drug-likeness (QED) is 0.623. The summed E-state index contributed by atoms with van der Waals surface area (Å²) >= 11 is 0. The Hall–Kier alpha value is -3.61. The molecule has 7 heteroatoms. The van der Waals surface area contributed by atoms with E-state index in [1.54, 1.807) is 21.8 Å². The third-order valence-electron chi connectivity index (χ3n) is 6.14. The Balaban J connectivity index is 1.18. The summed E-state index contributed by atoms with van der Waals surface area (Å²) in [6.07, 6.45) is 7.19. The molecule has 1 fully saturated rings. The van der Waals surface area contributed by atoms with Crippen molar-refractivity contribution in [2.75, 3.05) is 23.4 Å². The van der Waals surface area contributed by atoms with Gasteiger partial charge in [-0.1, -0.05) is 12.1 Å². The lowest BCUT2D eigenvalue weighted by atomic mass is 10.1. The zero-order chi connectivity index (χ0) is 21.9. The molecule has 1 unspecified atom stereocenters. The Labute approximate surface area is 187 Å². The molecule has 3 aromatic rings. The molecule has 32 heavy (non-hydrogen) atoms. The van der Waals surface area contributed by atoms with Crippen LogP contribution in [0.4, 0.5) is 11.4 Å². The largest absolute Gasteiger partial charge is 0.492 e. The summed E-state index contributed by atoms with van der Waals surface area (Å²) in [6, 6.07) is 15.4. The minimum absolute atomic E-state index is 0.00111. The first kappa shape index (κ1) is 20.3. The van der Waals surface area contributed by atoms with E-state index in [9.17, 15) is 9.59 Å². The van der Waals surface area contributed by atoms with Crippen molar-refractivity contribution >= 4 is 23.2 Å². The highest BCUT2D eigenvalue weighted by molar-refractivity contribution is 6.03. The SMILES string of the molecule is O=C(Nc1cccc(OCCn2cccn2)c1)C1CC(=O)N(c2ccc3c(c2)CCC3)C1. The molecular weight excluding hydrogens is 404 g/mol. The molecule has 0 radical (unpaired) electrons. The molecule has 1 aromatic heterocycles. The monoisotopic (exact) mass is 430 g/mol. The molecule has 2 amide bonds. The van der Waals surface area contributed by atoms with Crippen molar-refractivity contribution in [3.05, 3.63) is 72.1 Å². The van der Waals surface area contributed by atoms with E-state index < -0.39 is 0 Å². The van der Waals surface area contributed by atoms with Crippen LogP contribution in [0.1, 0.15) is 24.0 Å². The van der Waals surface area contributed by atoms with Crippen LogP contribution in [0, 0.1) is 5.92 Å². The molecule has 2 aromatic carbocycles. The van der Waals surface area contributed by atoms with E-state index in [1.165, 1.54) is 17.5 Å². The minimum Gasteiger partial charge on any atom is -0.492 e. The van der Waals surface area contributed by atoms with Crippen molar-refractivity contribution in [1.82, 2.24) is 9.78 Å². The van der Waals surface area contributed by atoms with E-state index in [1.807, 2.05) is 36.5 Å². The van der Waals surface area contributed by atoms with Gasteiger partial charge in [-0.15, -0.1) is 0 Å². The Bertz CT molecular complexity index is 1130. The number of nitrogens with one attached hydrogen (secondary N) is 1. The molecule has 7 nitrogen and oxygen atoms in total. The van der Waals surface area contributed by atoms with Gasteiger partial charge in [0.15, 0.2) is 0 Å². The number of rotatable bonds is 7. The van der Waals surface area contributed by atoms with Crippen molar-refractivity contribution in [1.29, 1.82) is 0 Å². The van der Waals surface area contributed by atoms with Gasteiger partial charge in [0, 0.05) is 42.8 Å². The number of hydrogen-bond acceptors (Lipinski definition) is 4. The average Bonchev–Trinajstić information content (AvgIpc) is 3.54. The summed E-state index contributed by atoms with van der Waals surface area (Å²) in [7, 11) is 0. The fourth-order valence-corrected chi connectivity index (χ4v) is 4.46. The summed E-state index contributed by atoms with van der Waals surface area (Å²) in [5, 5.41) is 7.09. The van der Waals surface area contributed by atoms with Crippen LogP contribution in [0.15, 0.2) is 60.9 Å². The second kappa shape index (κ2) is 8.86. The summed E-state index contributed by atoms with van der Waals surface area (Å²) in [4.78, 5) is 27.2. The van der Waals surface area contributed by atoms with Gasteiger partial charge in [0.05, 0.1) is 12.5 Å². The van der Waals surface area contributed by atoms with Crippen LogP contribution in [-0.2, 0) is 29.0 Å². The maximum atomic E-state index is 12.9. The molecule has 1 saturated heterocycles. The number of benzene rings is 2. The number of fused-ring (bicyclic) bond motifs is 1. The zero-order valence-electron chi connectivity index (χ0n) is 17.9. The smallest absolute Gasteiger partial charge is 0.229 e. The predicted molar refractivity (Wildman–Crippen MR) is 122 cm³/mol. The predicted octanol–water partition coefficient (Wildman–Crippen LogP) is 3.44. The molecule has 1 aliphatic heterocycles. The normalized spacial score (nSPS) is 17.4. The fraction of sp³-hybridized carbons (Fsp3) is 0.320. The maximum Gasteiger partial charge on any atom is 0.229 e. The highest BCUT2D eigenvalue weighted by Crippen LogP contribution is 2.31. The molecule has 0 bridgehead atoms. The van der Waals surface area contributed by atoms with Gasteiger partial charge in [0.25, 0.3) is 0 Å². The number of amides is 2. The Morgan fingerprint density at radius 3 is 2.91 bits per heavy atom. The molecule has 2 heterocycles. The van der Waals surface area contributed by atoms with Crippen molar-refractivity contribution < 1.29 is 14.3 Å². The first-order valence-electron chi connectivity index (χ1n) is 11.1. The van der Waals surface area contributed by atoms with Crippen molar-refractivity contribution in [3.8, 4) is 5.75 Å². The Morgan fingerprint density at radius 1 is 1.12 bits per heavy atom. The highest BCUT2D eigenvalue weighted by atomic mass is 16.5. The van der Waals surface area contributed by atoms with E-state index >= 15 is 0 Å². The minimum atomic E-state index is -0.375. The molecule has 1 N–H and O–H groups in total. The fourth-order valence-electron chi connectivity index (χ4n) is 4.46. The number of carbonyl (C=O) groups excluding carboxylic acids is 2. The van der Waals surface area contributed by atoms with Crippen LogP contribution in [-0.4, -0.2) is 34.7 Å². The number of aromatic nitrogens is 2. The van der Waals surface area contributed by atoms with Crippen LogP contribution in [0.3, 0.4) is 0 Å². The van der Waals surface area contributed by atoms with Crippen molar-refractivity contribution in [3.63, 3.8) is 0 Å². The second-order valence-corrected chi connectivity index (χ2v) is 8.35. The molecule has 2 aliphatic rings. The van der Waals surface area contributed by atoms with Gasteiger partial charge < -0.3 is 15.0 Å².